The second-order valence-corrected chi connectivity index (χ2v) is 9.14. The van der Waals surface area contributed by atoms with Crippen LogP contribution in [0.5, 0.6) is 0 Å². The summed E-state index contributed by atoms with van der Waals surface area (Å²) in [4.78, 5) is -0.145. The Morgan fingerprint density at radius 1 is 0.893 bits per heavy atom. The van der Waals surface area contributed by atoms with E-state index in [0.717, 1.165) is 19.3 Å². The Hall–Kier alpha value is -1.11. The third-order valence-corrected chi connectivity index (χ3v) is 5.91. The topological polar surface area (TPSA) is 86.6 Å². The zero-order chi connectivity index (χ0) is 20.7. The number of hydrogen-bond donors (Lipinski definition) is 3. The molecule has 0 fully saturated rings. The Morgan fingerprint density at radius 2 is 1.43 bits per heavy atom. The van der Waals surface area contributed by atoms with Crippen LogP contribution >= 0.6 is 0 Å². The van der Waals surface area contributed by atoms with Gasteiger partial charge >= 0.3 is 0 Å². The first-order valence-electron chi connectivity index (χ1n) is 10.9. The van der Waals surface area contributed by atoms with E-state index in [2.05, 4.69) is 12.2 Å². The van der Waals surface area contributed by atoms with E-state index in [1.54, 1.807) is 12.1 Å². The number of hydrogen-bond acceptors (Lipinski definition) is 4. The van der Waals surface area contributed by atoms with Gasteiger partial charge in [0.25, 0.3) is 10.1 Å². The van der Waals surface area contributed by atoms with E-state index in [1.807, 2.05) is 0 Å². The van der Waals surface area contributed by atoms with E-state index in [4.69, 9.17) is 4.55 Å². The summed E-state index contributed by atoms with van der Waals surface area (Å²) in [5, 5.41) is 13.1. The van der Waals surface area contributed by atoms with Crippen LogP contribution < -0.4 is 5.32 Å². The third kappa shape index (κ3) is 12.4. The van der Waals surface area contributed by atoms with Crippen molar-refractivity contribution >= 4 is 15.8 Å². The van der Waals surface area contributed by atoms with Crippen molar-refractivity contribution < 1.29 is 18.1 Å². The van der Waals surface area contributed by atoms with Gasteiger partial charge in [-0.15, -0.1) is 0 Å². The van der Waals surface area contributed by atoms with E-state index in [1.165, 1.54) is 76.3 Å². The van der Waals surface area contributed by atoms with Crippen molar-refractivity contribution in [3.8, 4) is 0 Å². The lowest BCUT2D eigenvalue weighted by molar-refractivity contribution is 0.173. The fraction of sp³-hybridized carbons (Fsp3) is 0.727. The Kier molecular flexibility index (Phi) is 13.2. The molecular formula is C22H39NO4S. The number of benzene rings is 1. The van der Waals surface area contributed by atoms with Gasteiger partial charge in [0.2, 0.25) is 0 Å². The van der Waals surface area contributed by atoms with E-state index >= 15 is 0 Å². The molecule has 0 spiro atoms. The standard InChI is InChI=1S/C22H39NO4S/c1-2-3-4-5-6-7-8-9-10-11-12-13-16-21(24)19-23-20-15-14-17-22(18-20)28(25,26)27/h14-15,17-18,21,23-24H,2-13,16,19H2,1H3,(H,25,26,27). The molecule has 0 bridgehead atoms. The molecule has 3 N–H and O–H groups in total. The minimum atomic E-state index is -4.20. The molecule has 0 aromatic heterocycles. The Labute approximate surface area is 171 Å². The number of aliphatic hydroxyl groups is 1. The maximum absolute atomic E-state index is 11.1. The fourth-order valence-electron chi connectivity index (χ4n) is 3.33. The molecule has 0 saturated carbocycles. The average Bonchev–Trinajstić information content (AvgIpc) is 2.67. The quantitative estimate of drug-likeness (QED) is 0.222. The fourth-order valence-corrected chi connectivity index (χ4v) is 3.85. The highest BCUT2D eigenvalue weighted by atomic mass is 32.2. The van der Waals surface area contributed by atoms with Crippen LogP contribution in [0.15, 0.2) is 29.2 Å². The van der Waals surface area contributed by atoms with Crippen molar-refractivity contribution in [2.24, 2.45) is 0 Å². The zero-order valence-electron chi connectivity index (χ0n) is 17.4. The summed E-state index contributed by atoms with van der Waals surface area (Å²) >= 11 is 0. The van der Waals surface area contributed by atoms with Crippen LogP contribution in [0, 0.1) is 0 Å². The number of anilines is 1. The summed E-state index contributed by atoms with van der Waals surface area (Å²) < 4.78 is 31.3. The summed E-state index contributed by atoms with van der Waals surface area (Å²) in [6.07, 6.45) is 15.8. The van der Waals surface area contributed by atoms with Crippen LogP contribution in [0.4, 0.5) is 5.69 Å². The lowest BCUT2D eigenvalue weighted by Gasteiger charge is -2.13. The summed E-state index contributed by atoms with van der Waals surface area (Å²) in [6.45, 7) is 2.62. The number of aliphatic hydroxyl groups excluding tert-OH is 1. The molecule has 0 aliphatic heterocycles. The van der Waals surface area contributed by atoms with Gasteiger partial charge in [0, 0.05) is 12.2 Å². The van der Waals surface area contributed by atoms with Crippen molar-refractivity contribution in [3.05, 3.63) is 24.3 Å². The van der Waals surface area contributed by atoms with E-state index in [0.29, 0.717) is 12.2 Å². The highest BCUT2D eigenvalue weighted by molar-refractivity contribution is 7.85. The molecule has 0 aliphatic rings. The molecule has 1 unspecified atom stereocenters. The highest BCUT2D eigenvalue weighted by Gasteiger charge is 2.10. The molecule has 1 aromatic carbocycles. The molecule has 1 aromatic rings. The number of nitrogens with one attached hydrogen (secondary N) is 1. The van der Waals surface area contributed by atoms with Crippen LogP contribution in [0.25, 0.3) is 0 Å². The third-order valence-electron chi connectivity index (χ3n) is 5.06. The maximum atomic E-state index is 11.1. The first kappa shape index (κ1) is 24.9. The Bertz CT molecular complexity index is 619. The van der Waals surface area contributed by atoms with Crippen LogP contribution in [0.1, 0.15) is 90.4 Å². The maximum Gasteiger partial charge on any atom is 0.294 e. The van der Waals surface area contributed by atoms with E-state index in [9.17, 15) is 13.5 Å². The largest absolute Gasteiger partial charge is 0.391 e. The minimum Gasteiger partial charge on any atom is -0.391 e. The summed E-state index contributed by atoms with van der Waals surface area (Å²) in [5.41, 5.74) is 0.573. The van der Waals surface area contributed by atoms with Crippen molar-refractivity contribution in [1.82, 2.24) is 0 Å². The molecule has 6 heteroatoms. The summed E-state index contributed by atoms with van der Waals surface area (Å²) in [7, 11) is -4.20. The normalized spacial score (nSPS) is 12.8. The SMILES string of the molecule is CCCCCCCCCCCCCCC(O)CNc1cccc(S(=O)(=O)O)c1. The molecule has 5 nitrogen and oxygen atoms in total. The Morgan fingerprint density at radius 3 is 1.96 bits per heavy atom. The van der Waals surface area contributed by atoms with Crippen LogP contribution in [0.2, 0.25) is 0 Å². The van der Waals surface area contributed by atoms with Gasteiger partial charge in [-0.05, 0) is 24.6 Å². The highest BCUT2D eigenvalue weighted by Crippen LogP contribution is 2.16. The molecule has 28 heavy (non-hydrogen) atoms. The average molecular weight is 414 g/mol. The number of rotatable bonds is 17. The molecule has 0 heterocycles. The molecule has 0 aliphatic carbocycles. The van der Waals surface area contributed by atoms with Gasteiger partial charge in [0.1, 0.15) is 0 Å². The first-order chi connectivity index (χ1) is 13.4. The molecule has 1 rings (SSSR count). The van der Waals surface area contributed by atoms with Crippen LogP contribution in [-0.4, -0.2) is 30.7 Å². The monoisotopic (exact) mass is 413 g/mol. The predicted molar refractivity (Wildman–Crippen MR) is 116 cm³/mol. The minimum absolute atomic E-state index is 0.145. The van der Waals surface area contributed by atoms with Gasteiger partial charge in [0.05, 0.1) is 11.0 Å². The summed E-state index contributed by atoms with van der Waals surface area (Å²) in [6, 6.07) is 5.98. The lowest BCUT2D eigenvalue weighted by Crippen LogP contribution is -2.19. The molecule has 1 atom stereocenters. The van der Waals surface area contributed by atoms with E-state index in [-0.39, 0.29) is 4.90 Å². The number of unbranched alkanes of at least 4 members (excludes halogenated alkanes) is 11. The lowest BCUT2D eigenvalue weighted by atomic mass is 10.0. The molecule has 0 amide bonds. The second-order valence-electron chi connectivity index (χ2n) is 7.72. The van der Waals surface area contributed by atoms with Crippen molar-refractivity contribution in [1.29, 1.82) is 0 Å². The summed E-state index contributed by atoms with van der Waals surface area (Å²) in [5.74, 6) is 0. The van der Waals surface area contributed by atoms with Crippen LogP contribution in [-0.2, 0) is 10.1 Å². The van der Waals surface area contributed by atoms with Gasteiger partial charge in [-0.3, -0.25) is 4.55 Å². The van der Waals surface area contributed by atoms with Gasteiger partial charge < -0.3 is 10.4 Å². The van der Waals surface area contributed by atoms with Crippen LogP contribution in [0.3, 0.4) is 0 Å². The second kappa shape index (κ2) is 14.8. The zero-order valence-corrected chi connectivity index (χ0v) is 18.2. The van der Waals surface area contributed by atoms with Gasteiger partial charge in [-0.25, -0.2) is 0 Å². The smallest absolute Gasteiger partial charge is 0.294 e. The molecule has 162 valence electrons. The van der Waals surface area contributed by atoms with Gasteiger partial charge in [-0.2, -0.15) is 8.42 Å². The molecular weight excluding hydrogens is 374 g/mol. The molecule has 0 saturated heterocycles. The van der Waals surface area contributed by atoms with Crippen molar-refractivity contribution in [3.63, 3.8) is 0 Å². The first-order valence-corrected chi connectivity index (χ1v) is 12.4. The predicted octanol–water partition coefficient (Wildman–Crippen LogP) is 5.80. The van der Waals surface area contributed by atoms with Crippen molar-refractivity contribution in [2.75, 3.05) is 11.9 Å². The Balaban J connectivity index is 2.01. The molecule has 0 radical (unpaired) electrons. The van der Waals surface area contributed by atoms with E-state index < -0.39 is 16.2 Å². The van der Waals surface area contributed by atoms with Crippen molar-refractivity contribution in [2.45, 2.75) is 101 Å². The van der Waals surface area contributed by atoms with Gasteiger partial charge in [0.15, 0.2) is 0 Å². The van der Waals surface area contributed by atoms with Gasteiger partial charge in [-0.1, -0.05) is 90.0 Å².